The lowest BCUT2D eigenvalue weighted by Crippen LogP contribution is -2.25. The molecular formula is C18H18ClN5O3S2. The number of carboxylic acids is 1. The third-order valence-corrected chi connectivity index (χ3v) is 4.88. The third kappa shape index (κ3) is 5.17. The number of anilines is 2. The van der Waals surface area contributed by atoms with Crippen LogP contribution in [0.25, 0.3) is 5.69 Å². The van der Waals surface area contributed by atoms with Crippen LogP contribution in [0.4, 0.5) is 11.4 Å². The van der Waals surface area contributed by atoms with Crippen molar-refractivity contribution >= 4 is 53.4 Å². The number of carbonyl (C=O) groups is 1. The van der Waals surface area contributed by atoms with Crippen LogP contribution in [-0.4, -0.2) is 38.6 Å². The van der Waals surface area contributed by atoms with Gasteiger partial charge < -0.3 is 20.5 Å². The molecule has 1 unspecified atom stereocenters. The van der Waals surface area contributed by atoms with Gasteiger partial charge >= 0.3 is 5.97 Å². The van der Waals surface area contributed by atoms with Gasteiger partial charge in [-0.1, -0.05) is 17.7 Å². The Labute approximate surface area is 181 Å². The Morgan fingerprint density at radius 2 is 1.97 bits per heavy atom. The first-order valence-corrected chi connectivity index (χ1v) is 9.70. The summed E-state index contributed by atoms with van der Waals surface area (Å²) in [6, 6.07) is 11.8. The predicted octanol–water partition coefficient (Wildman–Crippen LogP) is 4.58. The average molecular weight is 452 g/mol. The molecule has 1 heterocycles. The summed E-state index contributed by atoms with van der Waals surface area (Å²) in [5, 5.41) is 21.0. The van der Waals surface area contributed by atoms with Crippen molar-refractivity contribution in [2.24, 2.45) is 0 Å². The van der Waals surface area contributed by atoms with Crippen LogP contribution in [0.15, 0.2) is 42.5 Å². The number of hydrogen-bond acceptors (Lipinski definition) is 6. The Balaban J connectivity index is 1.66. The molecule has 11 heteroatoms. The van der Waals surface area contributed by atoms with Gasteiger partial charge in [0.25, 0.3) is 0 Å². The maximum Gasteiger partial charge on any atom is 0.325 e. The molecule has 1 aromatic heterocycles. The highest BCUT2D eigenvalue weighted by Crippen LogP contribution is 2.27. The van der Waals surface area contributed by atoms with E-state index in [1.165, 1.54) is 6.92 Å². The minimum Gasteiger partial charge on any atom is -0.480 e. The van der Waals surface area contributed by atoms with Gasteiger partial charge in [0, 0.05) is 11.8 Å². The third-order valence-electron chi connectivity index (χ3n) is 3.98. The van der Waals surface area contributed by atoms with E-state index in [2.05, 4.69) is 20.8 Å². The summed E-state index contributed by atoms with van der Waals surface area (Å²) in [5.74, 6) is -0.440. The van der Waals surface area contributed by atoms with Gasteiger partial charge in [0.1, 0.15) is 11.8 Å². The van der Waals surface area contributed by atoms with Gasteiger partial charge in [0.15, 0.2) is 16.3 Å². The zero-order valence-corrected chi connectivity index (χ0v) is 17.6. The normalized spacial score (nSPS) is 11.7. The molecule has 2 aromatic carbocycles. The Morgan fingerprint density at radius 3 is 2.66 bits per heavy atom. The quantitative estimate of drug-likeness (QED) is 0.252. The minimum absolute atomic E-state index is 0.185. The molecular weight excluding hydrogens is 434 g/mol. The number of hydrogen-bond donors (Lipinski definition) is 5. The number of ether oxygens (including phenoxy) is 1. The number of aromatic nitrogens is 3. The summed E-state index contributed by atoms with van der Waals surface area (Å²) in [4.78, 5) is 11.0. The number of aromatic amines is 2. The van der Waals surface area contributed by atoms with Crippen molar-refractivity contribution in [1.29, 1.82) is 0 Å². The summed E-state index contributed by atoms with van der Waals surface area (Å²) < 4.78 is 8.36. The van der Waals surface area contributed by atoms with Gasteiger partial charge in [0.2, 0.25) is 0 Å². The molecule has 0 aliphatic carbocycles. The van der Waals surface area contributed by atoms with Crippen molar-refractivity contribution in [3.05, 3.63) is 57.0 Å². The molecule has 0 radical (unpaired) electrons. The standard InChI is InChI=1S/C18H18ClN5O3S2/c1-10(16(25)26)21-15-8-13(5-6-14(15)19)27-9-20-11-3-2-4-12(7-11)24-17(28)22-23-18(24)29/h2-8,10,20-21H,9H2,1H3,(H,22,28)(H,23,29)(H,25,26). The fraction of sp³-hybridized carbons (Fsp3) is 0.167. The monoisotopic (exact) mass is 451 g/mol. The maximum atomic E-state index is 11.0. The zero-order valence-electron chi connectivity index (χ0n) is 15.2. The van der Waals surface area contributed by atoms with E-state index in [0.717, 1.165) is 11.4 Å². The van der Waals surface area contributed by atoms with Crippen LogP contribution in [-0.2, 0) is 4.79 Å². The van der Waals surface area contributed by atoms with Crippen molar-refractivity contribution in [2.75, 3.05) is 17.4 Å². The molecule has 0 aliphatic heterocycles. The molecule has 5 N–H and O–H groups in total. The van der Waals surface area contributed by atoms with Gasteiger partial charge in [-0.2, -0.15) is 0 Å². The van der Waals surface area contributed by atoms with Gasteiger partial charge in [-0.3, -0.25) is 19.6 Å². The number of rotatable bonds is 8. The summed E-state index contributed by atoms with van der Waals surface area (Å²) >= 11 is 16.6. The molecule has 29 heavy (non-hydrogen) atoms. The van der Waals surface area contributed by atoms with Crippen LogP contribution in [0.2, 0.25) is 5.02 Å². The first-order valence-electron chi connectivity index (χ1n) is 8.51. The van der Waals surface area contributed by atoms with E-state index in [1.807, 2.05) is 24.3 Å². The van der Waals surface area contributed by atoms with Crippen molar-refractivity contribution in [3.8, 4) is 11.4 Å². The molecule has 8 nitrogen and oxygen atoms in total. The summed E-state index contributed by atoms with van der Waals surface area (Å²) in [6.07, 6.45) is 0. The Hall–Kier alpha value is -2.82. The molecule has 0 spiro atoms. The summed E-state index contributed by atoms with van der Waals surface area (Å²) in [5.41, 5.74) is 2.10. The Bertz CT molecular complexity index is 1110. The molecule has 0 aliphatic rings. The summed E-state index contributed by atoms with van der Waals surface area (Å²) in [7, 11) is 0. The van der Waals surface area contributed by atoms with Crippen LogP contribution in [0.5, 0.6) is 5.75 Å². The topological polar surface area (TPSA) is 107 Å². The van der Waals surface area contributed by atoms with E-state index < -0.39 is 12.0 Å². The van der Waals surface area contributed by atoms with E-state index >= 15 is 0 Å². The SMILES string of the molecule is CC(Nc1cc(OCNc2cccc(-n3c(=S)[nH][nH]c3=S)c2)ccc1Cl)C(=O)O. The van der Waals surface area contributed by atoms with E-state index in [0.29, 0.717) is 26.0 Å². The molecule has 1 atom stereocenters. The lowest BCUT2D eigenvalue weighted by Gasteiger charge is -2.15. The van der Waals surface area contributed by atoms with Crippen LogP contribution in [0, 0.1) is 9.54 Å². The molecule has 152 valence electrons. The van der Waals surface area contributed by atoms with E-state index in [1.54, 1.807) is 22.8 Å². The molecule has 0 fully saturated rings. The van der Waals surface area contributed by atoms with Crippen LogP contribution in [0.1, 0.15) is 6.92 Å². The second-order valence-electron chi connectivity index (χ2n) is 6.06. The van der Waals surface area contributed by atoms with Crippen molar-refractivity contribution < 1.29 is 14.6 Å². The number of nitrogens with zero attached hydrogens (tertiary/aromatic N) is 1. The highest BCUT2D eigenvalue weighted by atomic mass is 35.5. The van der Waals surface area contributed by atoms with Crippen LogP contribution in [0.3, 0.4) is 0 Å². The molecule has 0 saturated carbocycles. The van der Waals surface area contributed by atoms with Gasteiger partial charge in [-0.25, -0.2) is 0 Å². The molecule has 3 aromatic rings. The molecule has 0 bridgehead atoms. The second-order valence-corrected chi connectivity index (χ2v) is 7.24. The van der Waals surface area contributed by atoms with Crippen molar-refractivity contribution in [2.45, 2.75) is 13.0 Å². The fourth-order valence-corrected chi connectivity index (χ4v) is 3.23. The highest BCUT2D eigenvalue weighted by molar-refractivity contribution is 7.72. The molecule has 0 saturated heterocycles. The lowest BCUT2D eigenvalue weighted by atomic mass is 10.2. The number of halogens is 1. The van der Waals surface area contributed by atoms with Gasteiger partial charge in [-0.15, -0.1) is 0 Å². The van der Waals surface area contributed by atoms with Gasteiger partial charge in [-0.05, 0) is 61.7 Å². The Kier molecular flexibility index (Phi) is 6.57. The zero-order chi connectivity index (χ0) is 21.0. The largest absolute Gasteiger partial charge is 0.480 e. The fourth-order valence-electron chi connectivity index (χ4n) is 2.50. The van der Waals surface area contributed by atoms with E-state index in [4.69, 9.17) is 45.9 Å². The van der Waals surface area contributed by atoms with Crippen molar-refractivity contribution in [3.63, 3.8) is 0 Å². The number of benzene rings is 2. The maximum absolute atomic E-state index is 11.0. The number of H-pyrrole nitrogens is 2. The Morgan fingerprint density at radius 1 is 1.24 bits per heavy atom. The number of nitrogens with one attached hydrogen (secondary N) is 4. The molecule has 0 amide bonds. The minimum atomic E-state index is -0.976. The number of aliphatic carboxylic acids is 1. The first-order chi connectivity index (χ1) is 13.8. The van der Waals surface area contributed by atoms with Crippen LogP contribution >= 0.6 is 36.0 Å². The first kappa shape index (κ1) is 20.9. The highest BCUT2D eigenvalue weighted by Gasteiger charge is 2.12. The van der Waals surface area contributed by atoms with Gasteiger partial charge in [0.05, 0.1) is 16.4 Å². The molecule has 3 rings (SSSR count). The van der Waals surface area contributed by atoms with Crippen LogP contribution < -0.4 is 15.4 Å². The summed E-state index contributed by atoms with van der Waals surface area (Å²) in [6.45, 7) is 1.72. The smallest absolute Gasteiger partial charge is 0.325 e. The second kappa shape index (κ2) is 9.12. The number of carboxylic acid groups (broad SMARTS) is 1. The predicted molar refractivity (Wildman–Crippen MR) is 117 cm³/mol. The average Bonchev–Trinajstić information content (AvgIpc) is 3.02. The van der Waals surface area contributed by atoms with E-state index in [9.17, 15) is 4.79 Å². The lowest BCUT2D eigenvalue weighted by molar-refractivity contribution is -0.137. The van der Waals surface area contributed by atoms with Crippen molar-refractivity contribution in [1.82, 2.24) is 14.8 Å². The van der Waals surface area contributed by atoms with E-state index in [-0.39, 0.29) is 6.73 Å².